The highest BCUT2D eigenvalue weighted by atomic mass is 16.2. The maximum Gasteiger partial charge on any atom is 0.217 e. The summed E-state index contributed by atoms with van der Waals surface area (Å²) in [6.07, 6.45) is 9.96. The molecule has 46 heavy (non-hydrogen) atoms. The Hall–Kier alpha value is -5.12. The highest BCUT2D eigenvalue weighted by Crippen LogP contribution is 2.21. The average molecular weight is 619 g/mol. The number of hydrogen-bond donors (Lipinski definition) is 2. The number of aromatic nitrogens is 6. The fourth-order valence-electron chi connectivity index (χ4n) is 5.54. The molecule has 2 amide bonds. The molecule has 0 aliphatic rings. The van der Waals surface area contributed by atoms with Crippen LogP contribution < -0.4 is 10.6 Å². The molecule has 10 heteroatoms. The lowest BCUT2D eigenvalue weighted by Gasteiger charge is -2.15. The third kappa shape index (κ3) is 9.44. The van der Waals surface area contributed by atoms with Crippen LogP contribution in [0.15, 0.2) is 97.3 Å². The van der Waals surface area contributed by atoms with Gasteiger partial charge in [0.15, 0.2) is 0 Å². The predicted octanol–water partition coefficient (Wildman–Crippen LogP) is 5.37. The quantitative estimate of drug-likeness (QED) is 0.144. The molecular formula is C36H42N8O2. The van der Waals surface area contributed by atoms with E-state index in [1.165, 1.54) is 25.0 Å². The van der Waals surface area contributed by atoms with Crippen molar-refractivity contribution >= 4 is 11.8 Å². The number of aryl methyl sites for hydroxylation is 4. The minimum Gasteiger partial charge on any atom is -0.344 e. The second kappa shape index (κ2) is 16.3. The molecule has 5 aromatic rings. The van der Waals surface area contributed by atoms with Crippen LogP contribution in [0.5, 0.6) is 0 Å². The van der Waals surface area contributed by atoms with Crippen molar-refractivity contribution in [2.24, 2.45) is 0 Å². The number of unbranched alkanes of at least 4 members (excludes halogenated alkanes) is 2. The number of benzene rings is 3. The van der Waals surface area contributed by atoms with Gasteiger partial charge >= 0.3 is 0 Å². The first-order valence-corrected chi connectivity index (χ1v) is 16.0. The van der Waals surface area contributed by atoms with E-state index in [-0.39, 0.29) is 23.9 Å². The predicted molar refractivity (Wildman–Crippen MR) is 177 cm³/mol. The minimum atomic E-state index is -0.310. The number of carbonyl (C=O) groups excluding carboxylic acids is 2. The van der Waals surface area contributed by atoms with Gasteiger partial charge in [-0.05, 0) is 60.8 Å². The summed E-state index contributed by atoms with van der Waals surface area (Å²) >= 11 is 0. The Morgan fingerprint density at radius 1 is 0.587 bits per heavy atom. The molecule has 0 spiro atoms. The van der Waals surface area contributed by atoms with Crippen LogP contribution in [-0.4, -0.2) is 41.8 Å². The summed E-state index contributed by atoms with van der Waals surface area (Å²) in [4.78, 5) is 23.6. The Balaban J connectivity index is 1.02. The minimum absolute atomic E-state index is 0.103. The lowest BCUT2D eigenvalue weighted by atomic mass is 10.0. The van der Waals surface area contributed by atoms with Crippen LogP contribution in [-0.2, 0) is 35.5 Å². The van der Waals surface area contributed by atoms with E-state index in [2.05, 4.69) is 55.5 Å². The maximum atomic E-state index is 11.8. The fourth-order valence-corrected chi connectivity index (χ4v) is 5.54. The second-order valence-corrected chi connectivity index (χ2v) is 11.6. The standard InChI is InChI=1S/C36H42N8O2/c1-27(45)37-35(31-15-5-3-6-16-31)33-25-43(41-39-33)23-11-9-13-29-19-21-30(22-20-29)14-10-12-24-44-26-34(40-42-44)36(38-28(2)46)32-17-7-4-8-18-32/h3-8,15-22,25-26,35-36H,9-14,23-24H2,1-2H3,(H,37,45)(H,38,46). The van der Waals surface area contributed by atoms with Crippen LogP contribution in [0.3, 0.4) is 0 Å². The first-order valence-electron chi connectivity index (χ1n) is 16.0. The van der Waals surface area contributed by atoms with Gasteiger partial charge in [-0.1, -0.05) is 95.4 Å². The van der Waals surface area contributed by atoms with Gasteiger partial charge in [0.05, 0.1) is 24.5 Å². The van der Waals surface area contributed by atoms with Crippen molar-refractivity contribution in [1.29, 1.82) is 0 Å². The topological polar surface area (TPSA) is 120 Å². The Bertz CT molecular complexity index is 1540. The molecule has 2 unspecified atom stereocenters. The zero-order valence-electron chi connectivity index (χ0n) is 26.5. The Morgan fingerprint density at radius 2 is 0.978 bits per heavy atom. The zero-order valence-corrected chi connectivity index (χ0v) is 26.5. The number of hydrogen-bond acceptors (Lipinski definition) is 6. The first-order chi connectivity index (χ1) is 22.4. The number of rotatable bonds is 16. The van der Waals surface area contributed by atoms with Crippen molar-refractivity contribution in [3.63, 3.8) is 0 Å². The molecule has 5 rings (SSSR count). The number of carbonyl (C=O) groups is 2. The number of nitrogens with one attached hydrogen (secondary N) is 2. The zero-order chi connectivity index (χ0) is 32.1. The van der Waals surface area contributed by atoms with Crippen molar-refractivity contribution in [2.75, 3.05) is 0 Å². The maximum absolute atomic E-state index is 11.8. The molecule has 3 aromatic carbocycles. The van der Waals surface area contributed by atoms with E-state index in [0.29, 0.717) is 0 Å². The highest BCUT2D eigenvalue weighted by Gasteiger charge is 2.20. The fraction of sp³-hybridized carbons (Fsp3) is 0.333. The summed E-state index contributed by atoms with van der Waals surface area (Å²) in [6.45, 7) is 4.59. The van der Waals surface area contributed by atoms with E-state index in [9.17, 15) is 9.59 Å². The number of nitrogens with zero attached hydrogens (tertiary/aromatic N) is 6. The van der Waals surface area contributed by atoms with Crippen molar-refractivity contribution in [3.8, 4) is 0 Å². The molecule has 2 atom stereocenters. The largest absolute Gasteiger partial charge is 0.344 e. The first kappa shape index (κ1) is 32.3. The Morgan fingerprint density at radius 3 is 1.35 bits per heavy atom. The van der Waals surface area contributed by atoms with Gasteiger partial charge in [0.2, 0.25) is 11.8 Å². The van der Waals surface area contributed by atoms with Gasteiger partial charge < -0.3 is 10.6 Å². The van der Waals surface area contributed by atoms with E-state index in [4.69, 9.17) is 0 Å². The van der Waals surface area contributed by atoms with Gasteiger partial charge in [0.25, 0.3) is 0 Å². The van der Waals surface area contributed by atoms with E-state index < -0.39 is 0 Å². The van der Waals surface area contributed by atoms with Crippen LogP contribution in [0.2, 0.25) is 0 Å². The molecule has 0 aliphatic carbocycles. The van der Waals surface area contributed by atoms with Gasteiger partial charge in [-0.2, -0.15) is 0 Å². The molecule has 0 radical (unpaired) electrons. The highest BCUT2D eigenvalue weighted by molar-refractivity contribution is 5.74. The molecule has 0 bridgehead atoms. The molecule has 0 aliphatic heterocycles. The lowest BCUT2D eigenvalue weighted by Crippen LogP contribution is -2.27. The molecule has 0 saturated heterocycles. The van der Waals surface area contributed by atoms with Crippen LogP contribution in [0.1, 0.15) is 85.3 Å². The average Bonchev–Trinajstić information content (AvgIpc) is 3.74. The molecule has 10 nitrogen and oxygen atoms in total. The van der Waals surface area contributed by atoms with Crippen molar-refractivity contribution in [2.45, 2.75) is 77.5 Å². The van der Waals surface area contributed by atoms with Crippen molar-refractivity contribution in [1.82, 2.24) is 40.6 Å². The third-order valence-corrected chi connectivity index (χ3v) is 7.89. The summed E-state index contributed by atoms with van der Waals surface area (Å²) in [5.74, 6) is -0.207. The lowest BCUT2D eigenvalue weighted by molar-refractivity contribution is -0.120. The van der Waals surface area contributed by atoms with Gasteiger partial charge in [0, 0.05) is 26.9 Å². The second-order valence-electron chi connectivity index (χ2n) is 11.6. The van der Waals surface area contributed by atoms with E-state index in [0.717, 1.165) is 74.1 Å². The van der Waals surface area contributed by atoms with Crippen LogP contribution in [0.25, 0.3) is 0 Å². The Kier molecular flexibility index (Phi) is 11.4. The van der Waals surface area contributed by atoms with E-state index >= 15 is 0 Å². The van der Waals surface area contributed by atoms with E-state index in [1.54, 1.807) is 0 Å². The van der Waals surface area contributed by atoms with Crippen molar-refractivity contribution < 1.29 is 9.59 Å². The Labute approximate surface area is 270 Å². The summed E-state index contributed by atoms with van der Waals surface area (Å²) in [7, 11) is 0. The molecule has 238 valence electrons. The SMILES string of the molecule is CC(=O)NC(c1ccccc1)c1cn(CCCCc2ccc(CCCCn3cc(C(NC(C)=O)c4ccccc4)nn3)cc2)nn1. The molecule has 2 N–H and O–H groups in total. The van der Waals surface area contributed by atoms with Crippen LogP contribution in [0.4, 0.5) is 0 Å². The van der Waals surface area contributed by atoms with Gasteiger partial charge in [-0.3, -0.25) is 19.0 Å². The summed E-state index contributed by atoms with van der Waals surface area (Å²) in [5, 5.41) is 23.3. The summed E-state index contributed by atoms with van der Waals surface area (Å²) in [6, 6.07) is 28.0. The van der Waals surface area contributed by atoms with Gasteiger partial charge in [-0.15, -0.1) is 10.2 Å². The molecule has 0 fully saturated rings. The molecular weight excluding hydrogens is 576 g/mol. The van der Waals surface area contributed by atoms with Gasteiger partial charge in [-0.25, -0.2) is 0 Å². The van der Waals surface area contributed by atoms with Crippen LogP contribution >= 0.6 is 0 Å². The van der Waals surface area contributed by atoms with E-state index in [1.807, 2.05) is 82.4 Å². The normalized spacial score (nSPS) is 12.4. The third-order valence-electron chi connectivity index (χ3n) is 7.89. The van der Waals surface area contributed by atoms with Crippen molar-refractivity contribution in [3.05, 3.63) is 131 Å². The monoisotopic (exact) mass is 618 g/mol. The molecule has 2 aromatic heterocycles. The number of amides is 2. The smallest absolute Gasteiger partial charge is 0.217 e. The van der Waals surface area contributed by atoms with Crippen LogP contribution in [0, 0.1) is 0 Å². The summed E-state index contributed by atoms with van der Waals surface area (Å²) in [5.41, 5.74) is 6.10. The molecule has 0 saturated carbocycles. The van der Waals surface area contributed by atoms with Gasteiger partial charge in [0.1, 0.15) is 11.4 Å². The summed E-state index contributed by atoms with van der Waals surface area (Å²) < 4.78 is 3.72. The molecule has 2 heterocycles.